The van der Waals surface area contributed by atoms with E-state index in [4.69, 9.17) is 0 Å². The lowest BCUT2D eigenvalue weighted by Crippen LogP contribution is -2.37. The van der Waals surface area contributed by atoms with E-state index in [9.17, 15) is 0 Å². The van der Waals surface area contributed by atoms with Gasteiger partial charge in [-0.05, 0) is 45.8 Å². The molecule has 1 fully saturated rings. The fraction of sp³-hybridized carbons (Fsp3) is 0.889. The van der Waals surface area contributed by atoms with Gasteiger partial charge in [0.2, 0.25) is 0 Å². The summed E-state index contributed by atoms with van der Waals surface area (Å²) in [6, 6.07) is 5.05. The van der Waals surface area contributed by atoms with Crippen molar-refractivity contribution < 1.29 is 0 Å². The van der Waals surface area contributed by atoms with Crippen LogP contribution in [0.4, 0.5) is 0 Å². The van der Waals surface area contributed by atoms with E-state index in [-0.39, 0.29) is 0 Å². The van der Waals surface area contributed by atoms with Crippen LogP contribution >= 0.6 is 0 Å². The highest BCUT2D eigenvalue weighted by Gasteiger charge is 2.20. The van der Waals surface area contributed by atoms with Crippen LogP contribution in [0, 0.1) is 0 Å². The Bertz CT molecular complexity index is 261. The quantitative estimate of drug-likeness (QED) is 0.478. The predicted molar refractivity (Wildman–Crippen MR) is 95.4 cm³/mol. The Balaban J connectivity index is 2.60. The van der Waals surface area contributed by atoms with E-state index in [1.165, 1.54) is 69.7 Å². The zero-order valence-electron chi connectivity index (χ0n) is 14.5. The van der Waals surface area contributed by atoms with Crippen molar-refractivity contribution >= 4 is 8.80 Å². The summed E-state index contributed by atoms with van der Waals surface area (Å²) in [5.41, 5.74) is 1.74. The first-order chi connectivity index (χ1) is 9.72. The molecule has 1 aliphatic rings. The zero-order valence-corrected chi connectivity index (χ0v) is 15.6. The van der Waals surface area contributed by atoms with Gasteiger partial charge in [-0.1, -0.05) is 63.3 Å². The SMILES string of the molecule is C/C=C(/C[SiH](CC)CC)C(C)N1CCCCCCCC1. The molecule has 0 radical (unpaired) electrons. The van der Waals surface area contributed by atoms with Crippen molar-refractivity contribution in [2.45, 2.75) is 90.4 Å². The van der Waals surface area contributed by atoms with E-state index >= 15 is 0 Å². The topological polar surface area (TPSA) is 3.24 Å². The zero-order chi connectivity index (χ0) is 14.8. The molecule has 1 heterocycles. The van der Waals surface area contributed by atoms with Crippen molar-refractivity contribution in [3.8, 4) is 0 Å². The molecular formula is C18H37NSi. The smallest absolute Gasteiger partial charge is 0.0404 e. The monoisotopic (exact) mass is 295 g/mol. The highest BCUT2D eigenvalue weighted by molar-refractivity contribution is 6.59. The third kappa shape index (κ3) is 6.13. The fourth-order valence-corrected chi connectivity index (χ4v) is 5.91. The first-order valence-corrected chi connectivity index (χ1v) is 11.6. The maximum Gasteiger partial charge on any atom is 0.0404 e. The summed E-state index contributed by atoms with van der Waals surface area (Å²) >= 11 is 0. The van der Waals surface area contributed by atoms with Crippen LogP contribution in [-0.2, 0) is 0 Å². The largest absolute Gasteiger partial charge is 0.297 e. The van der Waals surface area contributed by atoms with E-state index in [1.807, 2.05) is 0 Å². The van der Waals surface area contributed by atoms with Crippen LogP contribution in [0.3, 0.4) is 0 Å². The van der Waals surface area contributed by atoms with Crippen LogP contribution in [0.2, 0.25) is 18.1 Å². The lowest BCUT2D eigenvalue weighted by atomic mass is 10.1. The molecule has 0 spiro atoms. The van der Waals surface area contributed by atoms with Crippen molar-refractivity contribution in [3.05, 3.63) is 11.6 Å². The van der Waals surface area contributed by atoms with Crippen LogP contribution in [0.1, 0.15) is 66.2 Å². The van der Waals surface area contributed by atoms with Crippen molar-refractivity contribution in [1.82, 2.24) is 4.90 Å². The van der Waals surface area contributed by atoms with Gasteiger partial charge in [0.25, 0.3) is 0 Å². The van der Waals surface area contributed by atoms with E-state index in [0.29, 0.717) is 6.04 Å². The molecule has 20 heavy (non-hydrogen) atoms. The van der Waals surface area contributed by atoms with E-state index in [0.717, 1.165) is 0 Å². The molecule has 0 aliphatic carbocycles. The standard InChI is InChI=1S/C18H37NSi/c1-5-18(16-20(6-2)7-3)17(4)19-14-12-10-8-9-11-13-15-19/h5,17,20H,6-16H2,1-4H3/b18-5-. The third-order valence-electron chi connectivity index (χ3n) is 5.27. The number of hydrogen-bond donors (Lipinski definition) is 0. The molecule has 1 rings (SSSR count). The summed E-state index contributed by atoms with van der Waals surface area (Å²) in [6.45, 7) is 12.2. The van der Waals surface area contributed by atoms with E-state index < -0.39 is 8.80 Å². The first-order valence-electron chi connectivity index (χ1n) is 9.12. The van der Waals surface area contributed by atoms with Gasteiger partial charge in [-0.3, -0.25) is 4.90 Å². The Kier molecular flexibility index (Phi) is 9.54. The molecule has 1 aliphatic heterocycles. The minimum atomic E-state index is -0.502. The van der Waals surface area contributed by atoms with E-state index in [1.54, 1.807) is 5.57 Å². The average molecular weight is 296 g/mol. The average Bonchev–Trinajstić information content (AvgIpc) is 2.61. The van der Waals surface area contributed by atoms with Crippen molar-refractivity contribution in [2.24, 2.45) is 0 Å². The Labute approximate surface area is 129 Å². The molecule has 0 saturated carbocycles. The summed E-state index contributed by atoms with van der Waals surface area (Å²) < 4.78 is 0. The Morgan fingerprint density at radius 3 is 1.95 bits per heavy atom. The summed E-state index contributed by atoms with van der Waals surface area (Å²) in [6.07, 6.45) is 11.0. The van der Waals surface area contributed by atoms with Gasteiger partial charge in [-0.2, -0.15) is 0 Å². The Morgan fingerprint density at radius 1 is 1.00 bits per heavy atom. The highest BCUT2D eigenvalue weighted by atomic mass is 28.3. The van der Waals surface area contributed by atoms with Gasteiger partial charge in [-0.25, -0.2) is 0 Å². The summed E-state index contributed by atoms with van der Waals surface area (Å²) in [5, 5.41) is 0. The number of allylic oxidation sites excluding steroid dienone is 1. The molecule has 2 heteroatoms. The molecule has 1 nitrogen and oxygen atoms in total. The normalized spacial score (nSPS) is 21.4. The van der Waals surface area contributed by atoms with Gasteiger partial charge in [0.1, 0.15) is 0 Å². The molecule has 0 amide bonds. The fourth-order valence-electron chi connectivity index (χ4n) is 3.51. The predicted octanol–water partition coefficient (Wildman–Crippen LogP) is 5.24. The van der Waals surface area contributed by atoms with Crippen molar-refractivity contribution in [2.75, 3.05) is 13.1 Å². The maximum absolute atomic E-state index is 2.78. The second kappa shape index (κ2) is 10.6. The second-order valence-electron chi connectivity index (χ2n) is 6.58. The van der Waals surface area contributed by atoms with Gasteiger partial charge in [0, 0.05) is 14.8 Å². The lowest BCUT2D eigenvalue weighted by molar-refractivity contribution is 0.228. The first kappa shape index (κ1) is 18.0. The van der Waals surface area contributed by atoms with Gasteiger partial charge in [0.05, 0.1) is 0 Å². The minimum absolute atomic E-state index is 0.502. The highest BCUT2D eigenvalue weighted by Crippen LogP contribution is 2.22. The van der Waals surface area contributed by atoms with E-state index in [2.05, 4.69) is 38.7 Å². The molecular weight excluding hydrogens is 258 g/mol. The van der Waals surface area contributed by atoms with Crippen LogP contribution < -0.4 is 0 Å². The maximum atomic E-state index is 2.78. The molecule has 0 bridgehead atoms. The Morgan fingerprint density at radius 2 is 1.50 bits per heavy atom. The summed E-state index contributed by atoms with van der Waals surface area (Å²) in [5.74, 6) is 0. The number of rotatable bonds is 6. The van der Waals surface area contributed by atoms with Crippen LogP contribution in [0.5, 0.6) is 0 Å². The number of nitrogens with zero attached hydrogens (tertiary/aromatic N) is 1. The Hall–Kier alpha value is -0.0831. The van der Waals surface area contributed by atoms with Gasteiger partial charge < -0.3 is 0 Å². The van der Waals surface area contributed by atoms with Crippen molar-refractivity contribution in [3.63, 3.8) is 0 Å². The molecule has 0 aromatic heterocycles. The number of hydrogen-bond acceptors (Lipinski definition) is 1. The summed E-state index contributed by atoms with van der Waals surface area (Å²) in [4.78, 5) is 2.78. The molecule has 0 N–H and O–H groups in total. The van der Waals surface area contributed by atoms with Crippen LogP contribution in [0.25, 0.3) is 0 Å². The molecule has 0 aromatic rings. The van der Waals surface area contributed by atoms with Crippen LogP contribution in [-0.4, -0.2) is 32.8 Å². The van der Waals surface area contributed by atoms with Crippen molar-refractivity contribution in [1.29, 1.82) is 0 Å². The third-order valence-corrected chi connectivity index (χ3v) is 8.63. The van der Waals surface area contributed by atoms with Gasteiger partial charge in [-0.15, -0.1) is 0 Å². The molecule has 1 unspecified atom stereocenters. The molecule has 118 valence electrons. The summed E-state index contributed by atoms with van der Waals surface area (Å²) in [7, 11) is -0.502. The molecule has 1 saturated heterocycles. The van der Waals surface area contributed by atoms with Gasteiger partial charge in [0.15, 0.2) is 0 Å². The second-order valence-corrected chi connectivity index (χ2v) is 10.4. The van der Waals surface area contributed by atoms with Crippen LogP contribution in [0.15, 0.2) is 11.6 Å². The molecule has 1 atom stereocenters. The minimum Gasteiger partial charge on any atom is -0.297 e. The lowest BCUT2D eigenvalue weighted by Gasteiger charge is -2.32. The molecule has 0 aromatic carbocycles. The van der Waals surface area contributed by atoms with Gasteiger partial charge >= 0.3 is 0 Å².